The summed E-state index contributed by atoms with van der Waals surface area (Å²) < 4.78 is 52.6. The highest BCUT2D eigenvalue weighted by molar-refractivity contribution is 5.62. The van der Waals surface area contributed by atoms with Crippen molar-refractivity contribution in [2.24, 2.45) is 7.05 Å². The van der Waals surface area contributed by atoms with Gasteiger partial charge in [0.05, 0.1) is 22.6 Å². The molecule has 0 unspecified atom stereocenters. The lowest BCUT2D eigenvalue weighted by Gasteiger charge is -2.10. The normalized spacial score (nSPS) is 11.7. The molecule has 0 saturated carbocycles. The zero-order valence-electron chi connectivity index (χ0n) is 10.9. The van der Waals surface area contributed by atoms with Gasteiger partial charge in [-0.15, -0.1) is 0 Å². The molecule has 0 atom stereocenters. The molecule has 0 spiro atoms. The fourth-order valence-corrected chi connectivity index (χ4v) is 1.84. The van der Waals surface area contributed by atoms with Crippen molar-refractivity contribution in [2.75, 3.05) is 5.32 Å². The molecule has 0 amide bonds. The van der Waals surface area contributed by atoms with Crippen molar-refractivity contribution >= 4 is 11.4 Å². The number of nitrogens with zero attached hydrogens (tertiary/aromatic N) is 2. The van der Waals surface area contributed by atoms with Crippen LogP contribution in [0.15, 0.2) is 24.4 Å². The summed E-state index contributed by atoms with van der Waals surface area (Å²) in [6.07, 6.45) is -2.27. The third-order valence-corrected chi connectivity index (χ3v) is 2.81. The molecule has 0 bridgehead atoms. The van der Waals surface area contributed by atoms with Gasteiger partial charge in [0.15, 0.2) is 0 Å². The summed E-state index contributed by atoms with van der Waals surface area (Å²) in [5.74, 6) is -0.953. The lowest BCUT2D eigenvalue weighted by molar-refractivity contribution is -0.137. The van der Waals surface area contributed by atoms with Gasteiger partial charge < -0.3 is 5.32 Å². The number of nitrogens with one attached hydrogen (secondary N) is 1. The smallest absolute Gasteiger partial charge is 0.350 e. The van der Waals surface area contributed by atoms with Crippen LogP contribution < -0.4 is 5.32 Å². The lowest BCUT2D eigenvalue weighted by atomic mass is 10.2. The number of aromatic nitrogens is 2. The molecule has 20 heavy (non-hydrogen) atoms. The topological polar surface area (TPSA) is 29.9 Å². The van der Waals surface area contributed by atoms with Crippen LogP contribution >= 0.6 is 0 Å². The van der Waals surface area contributed by atoms with E-state index >= 15 is 0 Å². The summed E-state index contributed by atoms with van der Waals surface area (Å²) in [6.45, 7) is 1.89. The Balaban J connectivity index is 2.30. The molecule has 3 nitrogen and oxygen atoms in total. The number of hydrogen-bond acceptors (Lipinski definition) is 2. The Morgan fingerprint density at radius 2 is 1.95 bits per heavy atom. The molecule has 0 aliphatic carbocycles. The zero-order valence-corrected chi connectivity index (χ0v) is 10.9. The minimum Gasteiger partial charge on any atom is -0.350 e. The van der Waals surface area contributed by atoms with E-state index in [0.29, 0.717) is 23.9 Å². The molecule has 1 heterocycles. The lowest BCUT2D eigenvalue weighted by Crippen LogP contribution is -2.06. The summed E-state index contributed by atoms with van der Waals surface area (Å²) in [4.78, 5) is 0. The Bertz CT molecular complexity index is 617. The standard InChI is InChI=1S/C13H13F4N3/c1-3-10-12(7-20(2)19-10)18-11-5-4-8(6-9(11)14)13(15,16)17/h4-7,18H,3H2,1-2H3. The molecule has 2 rings (SSSR count). The molecule has 1 aromatic heterocycles. The van der Waals surface area contributed by atoms with E-state index in [2.05, 4.69) is 10.4 Å². The first-order valence-corrected chi connectivity index (χ1v) is 5.97. The maximum atomic E-state index is 13.7. The van der Waals surface area contributed by atoms with Crippen molar-refractivity contribution in [3.63, 3.8) is 0 Å². The molecule has 0 fully saturated rings. The monoisotopic (exact) mass is 287 g/mol. The van der Waals surface area contributed by atoms with Gasteiger partial charge in [-0.1, -0.05) is 6.92 Å². The fraction of sp³-hybridized carbons (Fsp3) is 0.308. The molecule has 1 N–H and O–H groups in total. The number of anilines is 2. The molecule has 0 saturated heterocycles. The molecule has 2 aromatic rings. The highest BCUT2D eigenvalue weighted by atomic mass is 19.4. The number of benzene rings is 1. The van der Waals surface area contributed by atoms with Crippen molar-refractivity contribution in [2.45, 2.75) is 19.5 Å². The molecule has 7 heteroatoms. The third-order valence-electron chi connectivity index (χ3n) is 2.81. The van der Waals surface area contributed by atoms with Gasteiger partial charge in [0, 0.05) is 13.2 Å². The van der Waals surface area contributed by atoms with E-state index in [9.17, 15) is 17.6 Å². The summed E-state index contributed by atoms with van der Waals surface area (Å²) in [5.41, 5.74) is 0.267. The minimum atomic E-state index is -4.55. The van der Waals surface area contributed by atoms with Gasteiger partial charge in [0.1, 0.15) is 5.82 Å². The van der Waals surface area contributed by atoms with Crippen molar-refractivity contribution in [3.8, 4) is 0 Å². The van der Waals surface area contributed by atoms with Crippen LogP contribution in [0.5, 0.6) is 0 Å². The number of rotatable bonds is 3. The molecule has 0 aliphatic heterocycles. The van der Waals surface area contributed by atoms with Gasteiger partial charge >= 0.3 is 6.18 Å². The minimum absolute atomic E-state index is 0.0132. The second-order valence-corrected chi connectivity index (χ2v) is 4.33. The van der Waals surface area contributed by atoms with E-state index in [0.717, 1.165) is 12.1 Å². The third kappa shape index (κ3) is 2.92. The number of halogens is 4. The van der Waals surface area contributed by atoms with E-state index in [1.165, 1.54) is 0 Å². The van der Waals surface area contributed by atoms with Gasteiger partial charge in [0.2, 0.25) is 0 Å². The molecule has 0 aliphatic rings. The van der Waals surface area contributed by atoms with Crippen molar-refractivity contribution in [3.05, 3.63) is 41.5 Å². The quantitative estimate of drug-likeness (QED) is 0.868. The Kier molecular flexibility index (Phi) is 3.69. The highest BCUT2D eigenvalue weighted by Crippen LogP contribution is 2.32. The average molecular weight is 287 g/mol. The Morgan fingerprint density at radius 1 is 1.25 bits per heavy atom. The summed E-state index contributed by atoms with van der Waals surface area (Å²) in [7, 11) is 1.72. The summed E-state index contributed by atoms with van der Waals surface area (Å²) in [5, 5.41) is 6.93. The number of hydrogen-bond donors (Lipinski definition) is 1. The Hall–Kier alpha value is -2.05. The van der Waals surface area contributed by atoms with E-state index in [4.69, 9.17) is 0 Å². The van der Waals surface area contributed by atoms with E-state index in [-0.39, 0.29) is 5.69 Å². The zero-order chi connectivity index (χ0) is 14.9. The van der Waals surface area contributed by atoms with Crippen molar-refractivity contribution < 1.29 is 17.6 Å². The van der Waals surface area contributed by atoms with E-state index in [1.54, 1.807) is 17.9 Å². The fourth-order valence-electron chi connectivity index (χ4n) is 1.84. The van der Waals surface area contributed by atoms with Crippen LogP contribution in [-0.4, -0.2) is 9.78 Å². The number of alkyl halides is 3. The Morgan fingerprint density at radius 3 is 2.50 bits per heavy atom. The molecule has 108 valence electrons. The first-order chi connectivity index (χ1) is 9.31. The predicted molar refractivity (Wildman–Crippen MR) is 67.3 cm³/mol. The largest absolute Gasteiger partial charge is 0.416 e. The maximum absolute atomic E-state index is 13.7. The van der Waals surface area contributed by atoms with Crippen LogP contribution in [0.1, 0.15) is 18.2 Å². The van der Waals surface area contributed by atoms with Crippen molar-refractivity contribution in [1.29, 1.82) is 0 Å². The summed E-state index contributed by atoms with van der Waals surface area (Å²) >= 11 is 0. The van der Waals surface area contributed by atoms with Gasteiger partial charge in [0.25, 0.3) is 0 Å². The van der Waals surface area contributed by atoms with E-state index in [1.807, 2.05) is 6.92 Å². The van der Waals surface area contributed by atoms with E-state index < -0.39 is 17.6 Å². The van der Waals surface area contributed by atoms with Gasteiger partial charge in [-0.05, 0) is 24.6 Å². The van der Waals surface area contributed by atoms with Crippen LogP contribution in [-0.2, 0) is 19.6 Å². The second kappa shape index (κ2) is 5.15. The maximum Gasteiger partial charge on any atom is 0.416 e. The van der Waals surface area contributed by atoms with Gasteiger partial charge in [-0.3, -0.25) is 4.68 Å². The molecule has 1 aromatic carbocycles. The highest BCUT2D eigenvalue weighted by Gasteiger charge is 2.31. The molecular weight excluding hydrogens is 274 g/mol. The summed E-state index contributed by atoms with van der Waals surface area (Å²) in [6, 6.07) is 2.39. The second-order valence-electron chi connectivity index (χ2n) is 4.33. The SMILES string of the molecule is CCc1nn(C)cc1Nc1ccc(C(F)(F)F)cc1F. The number of aryl methyl sites for hydroxylation is 2. The van der Waals surface area contributed by atoms with Crippen LogP contribution in [0.2, 0.25) is 0 Å². The molecule has 0 radical (unpaired) electrons. The van der Waals surface area contributed by atoms with Crippen LogP contribution in [0.25, 0.3) is 0 Å². The first kappa shape index (κ1) is 14.4. The Labute approximate surface area is 113 Å². The van der Waals surface area contributed by atoms with Gasteiger partial charge in [-0.2, -0.15) is 18.3 Å². The van der Waals surface area contributed by atoms with Crippen LogP contribution in [0.3, 0.4) is 0 Å². The van der Waals surface area contributed by atoms with Gasteiger partial charge in [-0.25, -0.2) is 4.39 Å². The van der Waals surface area contributed by atoms with Crippen LogP contribution in [0.4, 0.5) is 28.9 Å². The van der Waals surface area contributed by atoms with Crippen molar-refractivity contribution in [1.82, 2.24) is 9.78 Å². The van der Waals surface area contributed by atoms with Crippen LogP contribution in [0, 0.1) is 5.82 Å². The molecular formula is C13H13F4N3. The first-order valence-electron chi connectivity index (χ1n) is 5.97. The average Bonchev–Trinajstić information content (AvgIpc) is 2.70. The predicted octanol–water partition coefficient (Wildman–Crippen LogP) is 3.88.